The van der Waals surface area contributed by atoms with Gasteiger partial charge >= 0.3 is 5.97 Å². The molecular formula is C25H32Cl2N4O4. The molecule has 1 aliphatic heterocycles. The number of benzene rings is 1. The zero-order valence-electron chi connectivity index (χ0n) is 20.2. The number of aryl methyl sites for hydroxylation is 1. The summed E-state index contributed by atoms with van der Waals surface area (Å²) in [6.45, 7) is 5.00. The number of H-pyrrole nitrogens is 1. The van der Waals surface area contributed by atoms with Gasteiger partial charge in [-0.15, -0.1) is 24.8 Å². The number of piperidine rings is 1. The molecule has 0 unspecified atom stereocenters. The van der Waals surface area contributed by atoms with E-state index >= 15 is 0 Å². The Morgan fingerprint density at radius 2 is 1.83 bits per heavy atom. The Hall–Kier alpha value is -2.52. The van der Waals surface area contributed by atoms with Crippen LogP contribution in [0.25, 0.3) is 22.2 Å². The standard InChI is InChI=1S/C25H30N4O4.2ClH/c1-5-16-21(26-24(31)20(23(16)30)25(32)33)13-6-7-19-14(8-13)9-15(28(19)4)10-29-11-17-18(12-29)22(17)27(2)3;;/h6-9,17-18,22H,5,10-12H2,1-4H3,(H,32,33)(H2,26,30,31);2*1H/t17-,18+,22-;;. The van der Waals surface area contributed by atoms with Gasteiger partial charge in [-0.3, -0.25) is 9.69 Å². The topological polar surface area (TPSA) is 102 Å². The molecule has 0 bridgehead atoms. The minimum Gasteiger partial charge on any atom is -0.506 e. The Kier molecular flexibility index (Phi) is 7.62. The molecule has 3 N–H and O–H groups in total. The predicted molar refractivity (Wildman–Crippen MR) is 141 cm³/mol. The van der Waals surface area contributed by atoms with Crippen molar-refractivity contribution in [1.82, 2.24) is 19.4 Å². The van der Waals surface area contributed by atoms with Crippen molar-refractivity contribution in [2.45, 2.75) is 25.9 Å². The second-order valence-corrected chi connectivity index (χ2v) is 9.63. The van der Waals surface area contributed by atoms with Crippen LogP contribution in [0.1, 0.15) is 28.5 Å². The number of nitrogens with zero attached hydrogens (tertiary/aromatic N) is 3. The van der Waals surface area contributed by atoms with E-state index < -0.39 is 22.8 Å². The third-order valence-electron chi connectivity index (χ3n) is 7.49. The van der Waals surface area contributed by atoms with E-state index in [1.165, 1.54) is 5.69 Å². The highest BCUT2D eigenvalue weighted by molar-refractivity contribution is 5.92. The molecular weight excluding hydrogens is 491 g/mol. The Balaban J connectivity index is 0.00000171. The normalized spacial score (nSPS) is 21.0. The van der Waals surface area contributed by atoms with Crippen LogP contribution in [0.3, 0.4) is 0 Å². The quantitative estimate of drug-likeness (QED) is 0.458. The smallest absolute Gasteiger partial charge is 0.345 e. The van der Waals surface area contributed by atoms with Crippen molar-refractivity contribution in [3.63, 3.8) is 0 Å². The lowest BCUT2D eigenvalue weighted by Gasteiger charge is -2.22. The minimum absolute atomic E-state index is 0. The molecule has 3 atom stereocenters. The summed E-state index contributed by atoms with van der Waals surface area (Å²) in [7, 11) is 6.41. The summed E-state index contributed by atoms with van der Waals surface area (Å²) in [5, 5.41) is 20.8. The van der Waals surface area contributed by atoms with Gasteiger partial charge in [-0.05, 0) is 56.1 Å². The number of carboxylic acid groups (broad SMARTS) is 1. The minimum atomic E-state index is -1.44. The van der Waals surface area contributed by atoms with Crippen molar-refractivity contribution in [2.24, 2.45) is 18.9 Å². The summed E-state index contributed by atoms with van der Waals surface area (Å²) in [6, 6.07) is 8.82. The number of carbonyl (C=O) groups is 1. The monoisotopic (exact) mass is 522 g/mol. The van der Waals surface area contributed by atoms with Gasteiger partial charge in [-0.2, -0.15) is 0 Å². The van der Waals surface area contributed by atoms with Gasteiger partial charge < -0.3 is 24.7 Å². The molecule has 2 aromatic heterocycles. The number of aromatic amines is 1. The number of hydrogen-bond acceptors (Lipinski definition) is 5. The summed E-state index contributed by atoms with van der Waals surface area (Å²) >= 11 is 0. The molecule has 0 amide bonds. The molecule has 0 radical (unpaired) electrons. The lowest BCUT2D eigenvalue weighted by Crippen LogP contribution is -2.30. The zero-order chi connectivity index (χ0) is 23.6. The summed E-state index contributed by atoms with van der Waals surface area (Å²) in [5.41, 5.74) is 2.55. The molecule has 1 aliphatic carbocycles. The highest BCUT2D eigenvalue weighted by Crippen LogP contribution is 2.48. The van der Waals surface area contributed by atoms with Gasteiger partial charge in [0, 0.05) is 54.9 Å². The fourth-order valence-corrected chi connectivity index (χ4v) is 5.84. The number of pyridine rings is 1. The molecule has 8 nitrogen and oxygen atoms in total. The molecule has 5 rings (SSSR count). The van der Waals surface area contributed by atoms with Crippen LogP contribution in [0.4, 0.5) is 0 Å². The second-order valence-electron chi connectivity index (χ2n) is 9.63. The van der Waals surface area contributed by atoms with Crippen LogP contribution in [0.2, 0.25) is 0 Å². The number of halogens is 2. The van der Waals surface area contributed by atoms with Gasteiger partial charge in [-0.25, -0.2) is 4.79 Å². The van der Waals surface area contributed by atoms with E-state index in [1.54, 1.807) is 0 Å². The van der Waals surface area contributed by atoms with Crippen molar-refractivity contribution in [1.29, 1.82) is 0 Å². The Morgan fingerprint density at radius 3 is 2.40 bits per heavy atom. The fraction of sp³-hybridized carbons (Fsp3) is 0.440. The highest BCUT2D eigenvalue weighted by atomic mass is 35.5. The van der Waals surface area contributed by atoms with E-state index in [0.29, 0.717) is 17.7 Å². The molecule has 190 valence electrons. The maximum atomic E-state index is 12.3. The number of carboxylic acids is 1. The van der Waals surface area contributed by atoms with E-state index in [2.05, 4.69) is 46.6 Å². The van der Waals surface area contributed by atoms with Crippen LogP contribution in [-0.4, -0.2) is 68.8 Å². The third-order valence-corrected chi connectivity index (χ3v) is 7.49. The first-order valence-corrected chi connectivity index (χ1v) is 11.4. The molecule has 2 fully saturated rings. The lowest BCUT2D eigenvalue weighted by molar-refractivity contribution is 0.0691. The van der Waals surface area contributed by atoms with Crippen LogP contribution >= 0.6 is 24.8 Å². The van der Waals surface area contributed by atoms with E-state index in [4.69, 9.17) is 0 Å². The zero-order valence-corrected chi connectivity index (χ0v) is 21.9. The number of aromatic carboxylic acids is 1. The van der Waals surface area contributed by atoms with Gasteiger partial charge in [0.15, 0.2) is 5.56 Å². The number of fused-ring (bicyclic) bond motifs is 2. The first kappa shape index (κ1) is 27.1. The molecule has 1 saturated heterocycles. The summed E-state index contributed by atoms with van der Waals surface area (Å²) in [4.78, 5) is 31.3. The van der Waals surface area contributed by atoms with Crippen molar-refractivity contribution in [2.75, 3.05) is 27.2 Å². The van der Waals surface area contributed by atoms with Crippen molar-refractivity contribution < 1.29 is 15.0 Å². The molecule has 1 aromatic carbocycles. The Morgan fingerprint density at radius 1 is 1.17 bits per heavy atom. The molecule has 3 heterocycles. The number of nitrogens with one attached hydrogen (secondary N) is 1. The van der Waals surface area contributed by atoms with Crippen LogP contribution in [0.15, 0.2) is 29.1 Å². The Bertz CT molecular complexity index is 1320. The SMILES string of the molecule is CCc1c(-c2ccc3c(c2)cc(CN2C[C@@H]4[C@H](C2)[C@@H]4N(C)C)n3C)[nH]c(=O)c(C(=O)O)c1O.Cl.Cl. The average Bonchev–Trinajstić information content (AvgIpc) is 3.11. The van der Waals surface area contributed by atoms with Gasteiger partial charge in [0.2, 0.25) is 0 Å². The molecule has 10 heteroatoms. The number of aromatic nitrogens is 2. The Labute approximate surface area is 216 Å². The van der Waals surface area contributed by atoms with Crippen LogP contribution < -0.4 is 5.56 Å². The molecule has 3 aromatic rings. The first-order valence-electron chi connectivity index (χ1n) is 11.4. The largest absolute Gasteiger partial charge is 0.506 e. The molecule has 2 aliphatic rings. The van der Waals surface area contributed by atoms with Crippen molar-refractivity contribution >= 4 is 41.7 Å². The average molecular weight is 523 g/mol. The number of likely N-dealkylation sites (tertiary alicyclic amines) is 1. The van der Waals surface area contributed by atoms with Gasteiger partial charge in [0.1, 0.15) is 5.75 Å². The number of rotatable bonds is 6. The first-order chi connectivity index (χ1) is 15.7. The second kappa shape index (κ2) is 9.85. The number of hydrogen-bond donors (Lipinski definition) is 3. The summed E-state index contributed by atoms with van der Waals surface area (Å²) in [5.74, 6) is -0.324. The van der Waals surface area contributed by atoms with Gasteiger partial charge in [-0.1, -0.05) is 13.0 Å². The van der Waals surface area contributed by atoms with Crippen LogP contribution in [0, 0.1) is 11.8 Å². The van der Waals surface area contributed by atoms with E-state index in [9.17, 15) is 19.8 Å². The summed E-state index contributed by atoms with van der Waals surface area (Å²) in [6.07, 6.45) is 0.390. The molecule has 1 saturated carbocycles. The highest BCUT2D eigenvalue weighted by Gasteiger charge is 2.56. The van der Waals surface area contributed by atoms with Gasteiger partial charge in [0.05, 0.1) is 5.69 Å². The third kappa shape index (κ3) is 4.44. The summed E-state index contributed by atoms with van der Waals surface area (Å²) < 4.78 is 2.21. The molecule has 35 heavy (non-hydrogen) atoms. The van der Waals surface area contributed by atoms with Gasteiger partial charge in [0.25, 0.3) is 5.56 Å². The van der Waals surface area contributed by atoms with E-state index in [-0.39, 0.29) is 24.8 Å². The van der Waals surface area contributed by atoms with Crippen LogP contribution in [-0.2, 0) is 20.0 Å². The maximum Gasteiger partial charge on any atom is 0.345 e. The van der Waals surface area contributed by atoms with Crippen molar-refractivity contribution in [3.8, 4) is 17.0 Å². The van der Waals surface area contributed by atoms with E-state index in [0.717, 1.165) is 54.0 Å². The van der Waals surface area contributed by atoms with E-state index in [1.807, 2.05) is 25.1 Å². The van der Waals surface area contributed by atoms with Crippen molar-refractivity contribution in [3.05, 3.63) is 51.4 Å². The van der Waals surface area contributed by atoms with Crippen LogP contribution in [0.5, 0.6) is 5.75 Å². The fourth-order valence-electron chi connectivity index (χ4n) is 5.84. The maximum absolute atomic E-state index is 12.3. The number of aromatic hydroxyl groups is 1. The molecule has 0 spiro atoms. The predicted octanol–water partition coefficient (Wildman–Crippen LogP) is 3.34. The lowest BCUT2D eigenvalue weighted by atomic mass is 9.99.